The van der Waals surface area contributed by atoms with Crippen molar-refractivity contribution in [3.05, 3.63) is 35.4 Å². The lowest BCUT2D eigenvalue weighted by Gasteiger charge is -2.34. The van der Waals surface area contributed by atoms with Gasteiger partial charge in [-0.25, -0.2) is 4.79 Å². The molecule has 4 nitrogen and oxygen atoms in total. The van der Waals surface area contributed by atoms with Crippen LogP contribution in [0.1, 0.15) is 17.5 Å². The molecule has 2 unspecified atom stereocenters. The summed E-state index contributed by atoms with van der Waals surface area (Å²) in [5, 5.41) is 9.62. The Morgan fingerprint density at radius 1 is 1.56 bits per heavy atom. The number of amides is 1. The molecule has 0 aliphatic heterocycles. The van der Waals surface area contributed by atoms with E-state index in [-0.39, 0.29) is 12.0 Å². The number of carbonyl (C=O) groups excluding carboxylic acids is 1. The van der Waals surface area contributed by atoms with E-state index in [1.54, 1.807) is 18.2 Å². The van der Waals surface area contributed by atoms with E-state index < -0.39 is 18.1 Å². The van der Waals surface area contributed by atoms with Gasteiger partial charge in [0.05, 0.1) is 0 Å². The highest BCUT2D eigenvalue weighted by atomic mass is 19.2. The van der Waals surface area contributed by atoms with Gasteiger partial charge < -0.3 is 15.6 Å². The van der Waals surface area contributed by atoms with Crippen LogP contribution in [0.15, 0.2) is 24.3 Å². The molecule has 1 aromatic carbocycles. The summed E-state index contributed by atoms with van der Waals surface area (Å²) in [6.07, 6.45) is -1.88. The first kappa shape index (κ1) is 10.9. The lowest BCUT2D eigenvalue weighted by atomic mass is 9.85. The van der Waals surface area contributed by atoms with E-state index in [9.17, 15) is 14.3 Å². The largest absolute Gasteiger partial charge is 0.407 e. The fourth-order valence-corrected chi connectivity index (χ4v) is 2.00. The minimum atomic E-state index is -2.53. The molecule has 86 valence electrons. The number of aliphatic hydroxyl groups is 1. The second-order valence-electron chi connectivity index (χ2n) is 3.78. The van der Waals surface area contributed by atoms with Crippen LogP contribution in [-0.2, 0) is 17.0 Å². The van der Waals surface area contributed by atoms with Gasteiger partial charge in [-0.05, 0) is 18.4 Å². The molecule has 16 heavy (non-hydrogen) atoms. The quantitative estimate of drug-likeness (QED) is 0.754. The Hall–Kier alpha value is -1.62. The molecule has 0 heterocycles. The third-order valence-corrected chi connectivity index (χ3v) is 2.75. The first-order chi connectivity index (χ1) is 7.54. The van der Waals surface area contributed by atoms with Gasteiger partial charge in [0.25, 0.3) is 0 Å². The molecular weight excluding hydrogens is 213 g/mol. The maximum Gasteiger partial charge on any atom is 0.407 e. The molecule has 2 rings (SSSR count). The predicted octanol–water partition coefficient (Wildman–Crippen LogP) is 1.21. The lowest BCUT2D eigenvalue weighted by Crippen LogP contribution is -2.44. The molecule has 1 aromatic rings. The van der Waals surface area contributed by atoms with Crippen molar-refractivity contribution >= 4 is 6.09 Å². The molecule has 3 N–H and O–H groups in total. The number of rotatable bonds is 1. The number of hydrogen-bond acceptors (Lipinski definition) is 3. The number of fused-ring (bicyclic) bond motifs is 1. The average Bonchev–Trinajstić information content (AvgIpc) is 2.23. The number of alkyl halides is 1. The van der Waals surface area contributed by atoms with Gasteiger partial charge in [0.1, 0.15) is 6.10 Å². The Labute approximate surface area is 91.8 Å². The van der Waals surface area contributed by atoms with E-state index >= 15 is 0 Å². The normalized spacial score (nSPS) is 28.2. The number of benzene rings is 1. The zero-order valence-electron chi connectivity index (χ0n) is 8.52. The Bertz CT molecular complexity index is 423. The number of nitrogens with two attached hydrogens (primary N) is 1. The van der Waals surface area contributed by atoms with Crippen LogP contribution in [-0.4, -0.2) is 17.3 Å². The smallest absolute Gasteiger partial charge is 0.405 e. The molecule has 5 heteroatoms. The molecule has 2 atom stereocenters. The highest BCUT2D eigenvalue weighted by Crippen LogP contribution is 2.39. The van der Waals surface area contributed by atoms with Crippen LogP contribution in [0.2, 0.25) is 0 Å². The third kappa shape index (κ3) is 1.63. The van der Waals surface area contributed by atoms with E-state index in [0.29, 0.717) is 6.42 Å². The topological polar surface area (TPSA) is 72.6 Å². The number of halogens is 1. The summed E-state index contributed by atoms with van der Waals surface area (Å²) in [5.41, 5.74) is 5.71. The van der Waals surface area contributed by atoms with Gasteiger partial charge >= 0.3 is 11.9 Å². The van der Waals surface area contributed by atoms with Crippen molar-refractivity contribution in [2.24, 2.45) is 5.73 Å². The summed E-state index contributed by atoms with van der Waals surface area (Å²) in [6.45, 7) is 0. The maximum atomic E-state index is 14.4. The Morgan fingerprint density at radius 3 is 2.94 bits per heavy atom. The molecule has 1 aliphatic carbocycles. The van der Waals surface area contributed by atoms with E-state index in [1.807, 2.05) is 0 Å². The molecule has 0 radical (unpaired) electrons. The van der Waals surface area contributed by atoms with Crippen LogP contribution in [0.25, 0.3) is 0 Å². The van der Waals surface area contributed by atoms with Crippen molar-refractivity contribution in [3.63, 3.8) is 0 Å². The highest BCUT2D eigenvalue weighted by molar-refractivity contribution is 5.65. The van der Waals surface area contributed by atoms with Crippen molar-refractivity contribution in [2.75, 3.05) is 0 Å². The maximum absolute atomic E-state index is 14.4. The van der Waals surface area contributed by atoms with Crippen molar-refractivity contribution in [3.8, 4) is 0 Å². The first-order valence-corrected chi connectivity index (χ1v) is 4.98. The van der Waals surface area contributed by atoms with E-state index in [1.165, 1.54) is 6.07 Å². The molecule has 0 bridgehead atoms. The fourth-order valence-electron chi connectivity index (χ4n) is 2.00. The van der Waals surface area contributed by atoms with Gasteiger partial charge in [0, 0.05) is 5.56 Å². The zero-order chi connectivity index (χ0) is 11.8. The molecule has 0 spiro atoms. The second-order valence-corrected chi connectivity index (χ2v) is 3.78. The molecule has 0 fully saturated rings. The first-order valence-electron chi connectivity index (χ1n) is 4.98. The number of aliphatic hydroxyl groups excluding tert-OH is 1. The zero-order valence-corrected chi connectivity index (χ0v) is 8.52. The Kier molecular flexibility index (Phi) is 2.55. The van der Waals surface area contributed by atoms with Crippen LogP contribution in [0.5, 0.6) is 0 Å². The van der Waals surface area contributed by atoms with Crippen molar-refractivity contribution in [2.45, 2.75) is 24.8 Å². The minimum Gasteiger partial charge on any atom is -0.405 e. The van der Waals surface area contributed by atoms with Crippen LogP contribution >= 0.6 is 0 Å². The van der Waals surface area contributed by atoms with Crippen LogP contribution in [0, 0.1) is 0 Å². The van der Waals surface area contributed by atoms with E-state index in [2.05, 4.69) is 4.74 Å². The number of primary amides is 1. The fraction of sp³-hybridized carbons (Fsp3) is 0.364. The van der Waals surface area contributed by atoms with Crippen molar-refractivity contribution < 1.29 is 19.0 Å². The summed E-state index contributed by atoms with van der Waals surface area (Å²) in [4.78, 5) is 10.7. The molecule has 1 amide bonds. The standard InChI is InChI=1S/C11H12FNO3/c12-11(16-10(13)15)8-4-2-1-3-7(8)5-6-9(11)14/h1-4,9,14H,5-6H2,(H2,13,15). The van der Waals surface area contributed by atoms with Crippen LogP contribution in [0.4, 0.5) is 9.18 Å². The minimum absolute atomic E-state index is 0.174. The second kappa shape index (κ2) is 3.75. The van der Waals surface area contributed by atoms with Crippen LogP contribution in [0.3, 0.4) is 0 Å². The SMILES string of the molecule is NC(=O)OC1(F)c2ccccc2CCC1O. The Morgan fingerprint density at radius 2 is 2.25 bits per heavy atom. The van der Waals surface area contributed by atoms with Crippen LogP contribution < -0.4 is 5.73 Å². The monoisotopic (exact) mass is 225 g/mol. The molecule has 0 saturated heterocycles. The van der Waals surface area contributed by atoms with Gasteiger partial charge in [0.2, 0.25) is 0 Å². The van der Waals surface area contributed by atoms with Crippen molar-refractivity contribution in [1.82, 2.24) is 0 Å². The average molecular weight is 225 g/mol. The highest BCUT2D eigenvalue weighted by Gasteiger charge is 2.47. The Balaban J connectivity index is 2.47. The van der Waals surface area contributed by atoms with Gasteiger partial charge in [-0.15, -0.1) is 0 Å². The summed E-state index contributed by atoms with van der Waals surface area (Å²) in [6, 6.07) is 6.61. The van der Waals surface area contributed by atoms with E-state index in [4.69, 9.17) is 5.73 Å². The van der Waals surface area contributed by atoms with Gasteiger partial charge in [-0.1, -0.05) is 24.3 Å². The predicted molar refractivity (Wildman–Crippen MR) is 54.2 cm³/mol. The number of carbonyl (C=O) groups is 1. The lowest BCUT2D eigenvalue weighted by molar-refractivity contribution is -0.183. The number of aryl methyl sites for hydroxylation is 1. The van der Waals surface area contributed by atoms with E-state index in [0.717, 1.165) is 5.56 Å². The van der Waals surface area contributed by atoms with Gasteiger partial charge in [0.15, 0.2) is 0 Å². The van der Waals surface area contributed by atoms with Crippen molar-refractivity contribution in [1.29, 1.82) is 0 Å². The number of hydrogen-bond donors (Lipinski definition) is 2. The van der Waals surface area contributed by atoms with Gasteiger partial charge in [-0.3, -0.25) is 0 Å². The summed E-state index contributed by atoms with van der Waals surface area (Å²) in [7, 11) is 0. The molecular formula is C11H12FNO3. The van der Waals surface area contributed by atoms with Gasteiger partial charge in [-0.2, -0.15) is 4.39 Å². The molecule has 0 aromatic heterocycles. The third-order valence-electron chi connectivity index (χ3n) is 2.75. The molecule has 1 aliphatic rings. The summed E-state index contributed by atoms with van der Waals surface area (Å²) >= 11 is 0. The molecule has 0 saturated carbocycles. The summed E-state index contributed by atoms with van der Waals surface area (Å²) in [5.74, 6) is -2.53. The number of ether oxygens (including phenoxy) is 1. The summed E-state index contributed by atoms with van der Waals surface area (Å²) < 4.78 is 18.9.